The Morgan fingerprint density at radius 3 is 2.42 bits per heavy atom. The van der Waals surface area contributed by atoms with Crippen molar-refractivity contribution in [3.8, 4) is 5.88 Å². The first-order valence-electron chi connectivity index (χ1n) is 7.55. The van der Waals surface area contributed by atoms with Gasteiger partial charge in [-0.25, -0.2) is 4.79 Å². The second kappa shape index (κ2) is 6.56. The van der Waals surface area contributed by atoms with Crippen LogP contribution in [0, 0.1) is 0 Å². The number of carbonyl (C=O) groups is 1. The van der Waals surface area contributed by atoms with Crippen molar-refractivity contribution in [1.29, 1.82) is 0 Å². The first-order chi connectivity index (χ1) is 11.7. The lowest BCUT2D eigenvalue weighted by Gasteiger charge is -2.35. The molecule has 1 amide bonds. The topological polar surface area (TPSA) is 98.7 Å². The quantitative estimate of drug-likeness (QED) is 0.558. The maximum Gasteiger partial charge on any atom is 0.534 e. The lowest BCUT2D eigenvalue weighted by Crippen LogP contribution is -2.45. The van der Waals surface area contributed by atoms with Crippen LogP contribution in [0.25, 0.3) is 0 Å². The van der Waals surface area contributed by atoms with Gasteiger partial charge in [0.1, 0.15) is 5.60 Å². The van der Waals surface area contributed by atoms with Gasteiger partial charge in [0.2, 0.25) is 0 Å². The molecule has 1 aromatic heterocycles. The molecule has 1 aliphatic rings. The lowest BCUT2D eigenvalue weighted by molar-refractivity contribution is -0.0501. The predicted octanol–water partition coefficient (Wildman–Crippen LogP) is 2.39. The molecule has 12 heteroatoms. The summed E-state index contributed by atoms with van der Waals surface area (Å²) in [6.45, 7) is 6.84. The average Bonchev–Trinajstić information content (AvgIpc) is 2.43. The van der Waals surface area contributed by atoms with Gasteiger partial charge in [0.25, 0.3) is 5.88 Å². The molecule has 8 nitrogen and oxygen atoms in total. The van der Waals surface area contributed by atoms with Crippen molar-refractivity contribution in [2.45, 2.75) is 57.8 Å². The van der Waals surface area contributed by atoms with Crippen molar-refractivity contribution in [2.75, 3.05) is 0 Å². The molecular formula is C14H18F3N3O5S. The van der Waals surface area contributed by atoms with E-state index in [-0.39, 0.29) is 19.0 Å². The summed E-state index contributed by atoms with van der Waals surface area (Å²) in [4.78, 5) is 13.6. The minimum absolute atomic E-state index is 0.0244. The molecule has 1 aliphatic heterocycles. The molecule has 0 N–H and O–H groups in total. The Bertz CT molecular complexity index is 805. The predicted molar refractivity (Wildman–Crippen MR) is 82.6 cm³/mol. The van der Waals surface area contributed by atoms with Crippen LogP contribution in [0.5, 0.6) is 5.88 Å². The van der Waals surface area contributed by atoms with Gasteiger partial charge in [0.05, 0.1) is 12.2 Å². The summed E-state index contributed by atoms with van der Waals surface area (Å²) in [5.74, 6) is -0.820. The first-order valence-corrected chi connectivity index (χ1v) is 8.96. The minimum atomic E-state index is -5.85. The number of nitrogens with zero attached hydrogens (tertiary/aromatic N) is 3. The molecule has 1 atom stereocenters. The molecule has 0 saturated heterocycles. The third-order valence-corrected chi connectivity index (χ3v) is 4.36. The number of hydrogen-bond acceptors (Lipinski definition) is 7. The Morgan fingerprint density at radius 2 is 1.88 bits per heavy atom. The highest BCUT2D eigenvalue weighted by molar-refractivity contribution is 7.87. The maximum atomic E-state index is 12.4. The van der Waals surface area contributed by atoms with Crippen LogP contribution >= 0.6 is 0 Å². The number of aromatic nitrogens is 2. The first kappa shape index (κ1) is 20.2. The zero-order valence-corrected chi connectivity index (χ0v) is 15.3. The Morgan fingerprint density at radius 1 is 1.27 bits per heavy atom. The zero-order chi connectivity index (χ0) is 19.9. The van der Waals surface area contributed by atoms with E-state index in [4.69, 9.17) is 4.74 Å². The van der Waals surface area contributed by atoms with E-state index in [1.165, 1.54) is 4.90 Å². The fourth-order valence-electron chi connectivity index (χ4n) is 2.24. The highest BCUT2D eigenvalue weighted by atomic mass is 32.2. The largest absolute Gasteiger partial charge is 0.534 e. The van der Waals surface area contributed by atoms with Crippen LogP contribution in [-0.2, 0) is 27.8 Å². The molecule has 26 heavy (non-hydrogen) atoms. The number of ether oxygens (including phenoxy) is 1. The van der Waals surface area contributed by atoms with Crippen molar-refractivity contribution in [1.82, 2.24) is 15.1 Å². The van der Waals surface area contributed by atoms with Crippen LogP contribution < -0.4 is 4.18 Å². The molecule has 0 fully saturated rings. The number of halogens is 3. The van der Waals surface area contributed by atoms with Gasteiger partial charge in [-0.2, -0.15) is 26.7 Å². The van der Waals surface area contributed by atoms with E-state index >= 15 is 0 Å². The Balaban J connectivity index is 2.25. The number of alkyl halides is 3. The molecule has 0 bridgehead atoms. The van der Waals surface area contributed by atoms with Gasteiger partial charge in [-0.1, -0.05) is 0 Å². The number of fused-ring (bicyclic) bond motifs is 1. The third-order valence-electron chi connectivity index (χ3n) is 3.41. The standard InChI is InChI=1S/C14H18F3N3O5S/c1-8-5-10-9(7-20(8)12(21)24-13(2,3)4)6-11(19-18-10)25-26(22,23)14(15,16)17/h6,8H,5,7H2,1-4H3/t8-/m1/s1. The van der Waals surface area contributed by atoms with Crippen molar-refractivity contribution in [3.05, 3.63) is 17.3 Å². The second-order valence-electron chi connectivity index (χ2n) is 6.80. The molecule has 0 aromatic carbocycles. The highest BCUT2D eigenvalue weighted by Crippen LogP contribution is 2.29. The zero-order valence-electron chi connectivity index (χ0n) is 14.5. The molecule has 0 saturated carbocycles. The van der Waals surface area contributed by atoms with Crippen molar-refractivity contribution in [2.24, 2.45) is 0 Å². The molecule has 0 unspecified atom stereocenters. The number of amides is 1. The summed E-state index contributed by atoms with van der Waals surface area (Å²) in [6, 6.07) is 0.742. The summed E-state index contributed by atoms with van der Waals surface area (Å²) in [5, 5.41) is 7.09. The van der Waals surface area contributed by atoms with Crippen LogP contribution in [0.2, 0.25) is 0 Å². The van der Waals surface area contributed by atoms with E-state index in [2.05, 4.69) is 14.4 Å². The second-order valence-corrected chi connectivity index (χ2v) is 8.34. The smallest absolute Gasteiger partial charge is 0.444 e. The van der Waals surface area contributed by atoms with Crippen LogP contribution in [0.3, 0.4) is 0 Å². The molecule has 2 heterocycles. The average molecular weight is 397 g/mol. The maximum absolute atomic E-state index is 12.4. The van der Waals surface area contributed by atoms with Gasteiger partial charge in [-0.15, -0.1) is 5.10 Å². The normalized spacial score (nSPS) is 18.3. The van der Waals surface area contributed by atoms with Gasteiger partial charge in [-0.05, 0) is 27.7 Å². The van der Waals surface area contributed by atoms with Crippen LogP contribution in [0.15, 0.2) is 6.07 Å². The van der Waals surface area contributed by atoms with Crippen molar-refractivity contribution in [3.63, 3.8) is 0 Å². The van der Waals surface area contributed by atoms with Crippen LogP contribution in [0.4, 0.5) is 18.0 Å². The molecule has 146 valence electrons. The van der Waals surface area contributed by atoms with Gasteiger partial charge in [0, 0.05) is 24.1 Å². The molecule has 0 spiro atoms. The lowest BCUT2D eigenvalue weighted by atomic mass is 10.0. The fraction of sp³-hybridized carbons (Fsp3) is 0.643. The summed E-state index contributed by atoms with van der Waals surface area (Å²) in [6.07, 6.45) is -0.314. The van der Waals surface area contributed by atoms with E-state index in [9.17, 15) is 26.4 Å². The van der Waals surface area contributed by atoms with Gasteiger partial charge < -0.3 is 13.8 Å². The fourth-order valence-corrected chi connectivity index (χ4v) is 2.64. The van der Waals surface area contributed by atoms with E-state index in [1.807, 2.05) is 0 Å². The van der Waals surface area contributed by atoms with Crippen LogP contribution in [-0.4, -0.2) is 46.8 Å². The van der Waals surface area contributed by atoms with E-state index in [0.29, 0.717) is 11.3 Å². The van der Waals surface area contributed by atoms with Crippen LogP contribution in [0.1, 0.15) is 39.0 Å². The summed E-state index contributed by atoms with van der Waals surface area (Å²) >= 11 is 0. The van der Waals surface area contributed by atoms with E-state index in [0.717, 1.165) is 6.07 Å². The third kappa shape index (κ3) is 4.54. The molecule has 0 radical (unpaired) electrons. The number of carbonyl (C=O) groups excluding carboxylic acids is 1. The molecule has 1 aromatic rings. The minimum Gasteiger partial charge on any atom is -0.444 e. The monoisotopic (exact) mass is 397 g/mol. The van der Waals surface area contributed by atoms with Crippen molar-refractivity contribution >= 4 is 16.2 Å². The summed E-state index contributed by atoms with van der Waals surface area (Å²) in [5.41, 5.74) is -5.53. The number of hydrogen-bond donors (Lipinski definition) is 0. The summed E-state index contributed by atoms with van der Waals surface area (Å²) < 4.78 is 68.6. The van der Waals surface area contributed by atoms with E-state index < -0.39 is 33.2 Å². The van der Waals surface area contributed by atoms with Gasteiger partial charge in [0.15, 0.2) is 0 Å². The summed E-state index contributed by atoms with van der Waals surface area (Å²) in [7, 11) is -5.85. The highest BCUT2D eigenvalue weighted by Gasteiger charge is 2.49. The Kier molecular flexibility index (Phi) is 5.10. The van der Waals surface area contributed by atoms with Gasteiger partial charge >= 0.3 is 21.7 Å². The van der Waals surface area contributed by atoms with Crippen molar-refractivity contribution < 1.29 is 35.3 Å². The SMILES string of the molecule is C[C@@H]1Cc2nnc(OS(=O)(=O)C(F)(F)F)cc2CN1C(=O)OC(C)(C)C. The van der Waals surface area contributed by atoms with E-state index in [1.54, 1.807) is 27.7 Å². The van der Waals surface area contributed by atoms with Gasteiger partial charge in [-0.3, -0.25) is 0 Å². The molecule has 2 rings (SSSR count). The number of rotatable bonds is 2. The molecular weight excluding hydrogens is 379 g/mol. The Hall–Kier alpha value is -2.11. The Labute approximate surface area is 148 Å². The molecule has 0 aliphatic carbocycles.